The lowest BCUT2D eigenvalue weighted by molar-refractivity contribution is 0.282. The van der Waals surface area contributed by atoms with Gasteiger partial charge in [0, 0.05) is 5.92 Å². The molecule has 3 aromatic rings. The summed E-state index contributed by atoms with van der Waals surface area (Å²) in [5, 5.41) is 13.7. The van der Waals surface area contributed by atoms with E-state index >= 15 is 0 Å². The number of fused-ring (bicyclic) bond motifs is 1. The number of furan rings is 1. The Bertz CT molecular complexity index is 811. The van der Waals surface area contributed by atoms with E-state index in [-0.39, 0.29) is 18.3 Å². The summed E-state index contributed by atoms with van der Waals surface area (Å²) < 4.78 is 16.2. The van der Waals surface area contributed by atoms with Crippen molar-refractivity contribution in [2.75, 3.05) is 0 Å². The first-order valence-corrected chi connectivity index (χ1v) is 6.56. The van der Waals surface area contributed by atoms with Crippen LogP contribution in [0.15, 0.2) is 33.2 Å². The molecular weight excluding hydrogens is 270 g/mol. The van der Waals surface area contributed by atoms with E-state index < -0.39 is 0 Å². The predicted octanol–water partition coefficient (Wildman–Crippen LogP) is 3.39. The van der Waals surface area contributed by atoms with Crippen molar-refractivity contribution in [3.05, 3.63) is 41.7 Å². The number of para-hydroxylation sites is 1. The third-order valence-corrected chi connectivity index (χ3v) is 2.97. The molecule has 3 rings (SSSR count). The molecule has 21 heavy (non-hydrogen) atoms. The molecule has 0 unspecified atom stereocenters. The van der Waals surface area contributed by atoms with Crippen molar-refractivity contribution >= 4 is 11.0 Å². The van der Waals surface area contributed by atoms with Gasteiger partial charge in [0.2, 0.25) is 17.5 Å². The summed E-state index contributed by atoms with van der Waals surface area (Å²) in [6.45, 7) is 4.06. The number of hydrogen-bond donors (Lipinski definition) is 0. The lowest BCUT2D eigenvalue weighted by Crippen LogP contribution is -1.98. The van der Waals surface area contributed by atoms with Crippen LogP contribution in [-0.4, -0.2) is 10.1 Å². The van der Waals surface area contributed by atoms with E-state index in [1.165, 1.54) is 0 Å². The van der Waals surface area contributed by atoms with E-state index in [1.54, 1.807) is 6.07 Å². The zero-order valence-electron chi connectivity index (χ0n) is 11.7. The lowest BCUT2D eigenvalue weighted by atomic mass is 10.2. The molecule has 0 atom stereocenters. The van der Waals surface area contributed by atoms with Crippen molar-refractivity contribution in [3.63, 3.8) is 0 Å². The Morgan fingerprint density at radius 1 is 1.33 bits per heavy atom. The maximum absolute atomic E-state index is 9.12. The molecule has 6 nitrogen and oxygen atoms in total. The molecule has 0 saturated carbocycles. The number of ether oxygens (including phenoxy) is 1. The summed E-state index contributed by atoms with van der Waals surface area (Å²) in [6, 6.07) is 9.31. The van der Waals surface area contributed by atoms with Gasteiger partial charge in [0.15, 0.2) is 12.4 Å². The first kappa shape index (κ1) is 13.2. The van der Waals surface area contributed by atoms with E-state index in [2.05, 4.69) is 10.1 Å². The summed E-state index contributed by atoms with van der Waals surface area (Å²) in [5.74, 6) is 1.71. The Morgan fingerprint density at radius 3 is 2.86 bits per heavy atom. The van der Waals surface area contributed by atoms with Crippen molar-refractivity contribution < 1.29 is 13.7 Å². The molecule has 0 radical (unpaired) electrons. The summed E-state index contributed by atoms with van der Waals surface area (Å²) in [6.07, 6.45) is 0. The molecule has 0 aliphatic carbocycles. The van der Waals surface area contributed by atoms with Crippen molar-refractivity contribution in [3.8, 4) is 11.8 Å². The highest BCUT2D eigenvalue weighted by molar-refractivity contribution is 5.86. The van der Waals surface area contributed by atoms with E-state index in [1.807, 2.05) is 38.1 Å². The number of aromatic nitrogens is 2. The van der Waals surface area contributed by atoms with Crippen LogP contribution in [0.4, 0.5) is 0 Å². The average Bonchev–Trinajstić information content (AvgIpc) is 3.09. The molecular formula is C15H13N3O3. The molecule has 0 saturated heterocycles. The van der Waals surface area contributed by atoms with E-state index in [4.69, 9.17) is 18.9 Å². The van der Waals surface area contributed by atoms with Gasteiger partial charge in [-0.15, -0.1) is 0 Å². The minimum atomic E-state index is 0.119. The molecule has 2 aromatic heterocycles. The molecule has 6 heteroatoms. The molecule has 0 fully saturated rings. The molecule has 106 valence electrons. The minimum absolute atomic E-state index is 0.119. The van der Waals surface area contributed by atoms with Gasteiger partial charge < -0.3 is 13.7 Å². The van der Waals surface area contributed by atoms with E-state index in [9.17, 15) is 0 Å². The zero-order chi connectivity index (χ0) is 14.8. The number of nitriles is 1. The largest absolute Gasteiger partial charge is 0.480 e. The second kappa shape index (κ2) is 5.29. The Kier molecular flexibility index (Phi) is 3.32. The first-order chi connectivity index (χ1) is 10.2. The van der Waals surface area contributed by atoms with Crippen molar-refractivity contribution in [1.82, 2.24) is 10.1 Å². The van der Waals surface area contributed by atoms with Crippen LogP contribution < -0.4 is 4.74 Å². The highest BCUT2D eigenvalue weighted by Gasteiger charge is 2.17. The number of benzene rings is 1. The van der Waals surface area contributed by atoms with Gasteiger partial charge in [0.05, 0.1) is 5.39 Å². The van der Waals surface area contributed by atoms with Crippen molar-refractivity contribution in [2.45, 2.75) is 26.4 Å². The summed E-state index contributed by atoms with van der Waals surface area (Å²) >= 11 is 0. The highest BCUT2D eigenvalue weighted by atomic mass is 16.5. The third kappa shape index (κ3) is 2.46. The molecule has 0 bridgehead atoms. The van der Waals surface area contributed by atoms with Gasteiger partial charge in [-0.2, -0.15) is 10.2 Å². The molecule has 0 amide bonds. The van der Waals surface area contributed by atoms with E-state index in [0.717, 1.165) is 5.39 Å². The topological polar surface area (TPSA) is 85.1 Å². The average molecular weight is 283 g/mol. The molecule has 0 aliphatic heterocycles. The minimum Gasteiger partial charge on any atom is -0.480 e. The summed E-state index contributed by atoms with van der Waals surface area (Å²) in [5.41, 5.74) is 0.611. The molecule has 1 aromatic carbocycles. The van der Waals surface area contributed by atoms with Crippen molar-refractivity contribution in [1.29, 1.82) is 5.26 Å². The van der Waals surface area contributed by atoms with Crippen LogP contribution in [0.2, 0.25) is 0 Å². The van der Waals surface area contributed by atoms with Gasteiger partial charge in [0.1, 0.15) is 11.7 Å². The van der Waals surface area contributed by atoms with Gasteiger partial charge in [-0.3, -0.25) is 0 Å². The quantitative estimate of drug-likeness (QED) is 0.729. The number of rotatable bonds is 4. The smallest absolute Gasteiger partial charge is 0.246 e. The third-order valence-electron chi connectivity index (χ3n) is 2.97. The second-order valence-electron chi connectivity index (χ2n) is 4.86. The Balaban J connectivity index is 1.86. The predicted molar refractivity (Wildman–Crippen MR) is 73.6 cm³/mol. The van der Waals surface area contributed by atoms with Crippen LogP contribution in [0.1, 0.15) is 37.2 Å². The lowest BCUT2D eigenvalue weighted by Gasteiger charge is -2.00. The Labute approximate surface area is 120 Å². The SMILES string of the molecule is CC(C)c1nc(COc2c(C#N)oc3ccccc23)no1. The van der Waals surface area contributed by atoms with E-state index in [0.29, 0.717) is 23.0 Å². The molecule has 0 spiro atoms. The summed E-state index contributed by atoms with van der Waals surface area (Å²) in [4.78, 5) is 4.23. The van der Waals surface area contributed by atoms with Gasteiger partial charge in [-0.05, 0) is 12.1 Å². The van der Waals surface area contributed by atoms with Gasteiger partial charge in [0.25, 0.3) is 0 Å². The first-order valence-electron chi connectivity index (χ1n) is 6.56. The summed E-state index contributed by atoms with van der Waals surface area (Å²) in [7, 11) is 0. The number of hydrogen-bond acceptors (Lipinski definition) is 6. The standard InChI is InChI=1S/C15H13N3O3/c1-9(2)15-17-13(18-21-15)8-19-14-10-5-3-4-6-11(10)20-12(14)7-16/h3-6,9H,8H2,1-2H3. The fraction of sp³-hybridized carbons (Fsp3) is 0.267. The Hall–Kier alpha value is -2.81. The molecule has 0 aliphatic rings. The fourth-order valence-electron chi connectivity index (χ4n) is 1.94. The van der Waals surface area contributed by atoms with Crippen molar-refractivity contribution in [2.24, 2.45) is 0 Å². The van der Waals surface area contributed by atoms with Crippen LogP contribution >= 0.6 is 0 Å². The molecule has 2 heterocycles. The molecule has 0 N–H and O–H groups in total. The highest BCUT2D eigenvalue weighted by Crippen LogP contribution is 2.32. The normalized spacial score (nSPS) is 11.0. The van der Waals surface area contributed by atoms with Crippen LogP contribution in [0, 0.1) is 11.3 Å². The maximum atomic E-state index is 9.12. The second-order valence-corrected chi connectivity index (χ2v) is 4.86. The zero-order valence-corrected chi connectivity index (χ0v) is 11.7. The van der Waals surface area contributed by atoms with Gasteiger partial charge in [-0.1, -0.05) is 31.1 Å². The van der Waals surface area contributed by atoms with Crippen LogP contribution in [0.5, 0.6) is 5.75 Å². The monoisotopic (exact) mass is 283 g/mol. The van der Waals surface area contributed by atoms with Crippen LogP contribution in [0.25, 0.3) is 11.0 Å². The van der Waals surface area contributed by atoms with Crippen LogP contribution in [0.3, 0.4) is 0 Å². The van der Waals surface area contributed by atoms with Crippen LogP contribution in [-0.2, 0) is 6.61 Å². The number of nitrogens with zero attached hydrogens (tertiary/aromatic N) is 3. The van der Waals surface area contributed by atoms with Gasteiger partial charge in [-0.25, -0.2) is 0 Å². The van der Waals surface area contributed by atoms with Gasteiger partial charge >= 0.3 is 0 Å². The fourth-order valence-corrected chi connectivity index (χ4v) is 1.94. The Morgan fingerprint density at radius 2 is 2.14 bits per heavy atom. The maximum Gasteiger partial charge on any atom is 0.246 e.